The number of hydrogen-bond donors (Lipinski definition) is 0. The number of allylic oxidation sites excluding steroid dienone is 2. The summed E-state index contributed by atoms with van der Waals surface area (Å²) in [5.74, 6) is -1.05. The van der Waals surface area contributed by atoms with Crippen molar-refractivity contribution in [3.05, 3.63) is 12.2 Å². The molecule has 0 aromatic rings. The summed E-state index contributed by atoms with van der Waals surface area (Å²) in [6, 6.07) is 0. The minimum Gasteiger partial charge on any atom is -0.465 e. The van der Waals surface area contributed by atoms with Gasteiger partial charge in [-0.3, -0.25) is 9.59 Å². The number of ketones is 1. The maximum atomic E-state index is 11.1. The molecule has 0 amide bonds. The second-order valence-corrected chi connectivity index (χ2v) is 2.69. The lowest BCUT2D eigenvalue weighted by Gasteiger charge is -2.14. The molecule has 3 heteroatoms. The molecule has 66 valence electrons. The topological polar surface area (TPSA) is 43.4 Å². The first-order chi connectivity index (χ1) is 5.75. The van der Waals surface area contributed by atoms with Gasteiger partial charge in [-0.05, 0) is 25.8 Å². The van der Waals surface area contributed by atoms with E-state index in [1.165, 1.54) is 6.08 Å². The van der Waals surface area contributed by atoms with Crippen LogP contribution in [-0.4, -0.2) is 18.4 Å². The van der Waals surface area contributed by atoms with E-state index in [9.17, 15) is 9.59 Å². The van der Waals surface area contributed by atoms with Crippen molar-refractivity contribution in [1.29, 1.82) is 0 Å². The highest BCUT2D eigenvalue weighted by atomic mass is 16.5. The molecule has 3 nitrogen and oxygen atoms in total. The van der Waals surface area contributed by atoms with Gasteiger partial charge in [0.1, 0.15) is 5.92 Å². The number of carbonyl (C=O) groups is 2. The van der Waals surface area contributed by atoms with Crippen molar-refractivity contribution in [2.24, 2.45) is 5.92 Å². The highest BCUT2D eigenvalue weighted by Gasteiger charge is 2.27. The first kappa shape index (κ1) is 8.97. The predicted molar refractivity (Wildman–Crippen MR) is 43.5 cm³/mol. The quantitative estimate of drug-likeness (QED) is 0.458. The molecule has 0 aromatic carbocycles. The van der Waals surface area contributed by atoms with Crippen LogP contribution in [0.25, 0.3) is 0 Å². The van der Waals surface area contributed by atoms with Gasteiger partial charge in [-0.1, -0.05) is 6.08 Å². The molecule has 0 N–H and O–H groups in total. The summed E-state index contributed by atoms with van der Waals surface area (Å²) in [6.45, 7) is 2.08. The summed E-state index contributed by atoms with van der Waals surface area (Å²) in [6.07, 6.45) is 4.63. The zero-order valence-electron chi connectivity index (χ0n) is 7.08. The number of ether oxygens (including phenoxy) is 1. The molecule has 0 heterocycles. The largest absolute Gasteiger partial charge is 0.465 e. The molecular formula is C9H12O3. The number of hydrogen-bond acceptors (Lipinski definition) is 3. The molecular weight excluding hydrogens is 156 g/mol. The van der Waals surface area contributed by atoms with E-state index in [-0.39, 0.29) is 11.8 Å². The van der Waals surface area contributed by atoms with Crippen LogP contribution >= 0.6 is 0 Å². The third-order valence-corrected chi connectivity index (χ3v) is 1.82. The summed E-state index contributed by atoms with van der Waals surface area (Å²) in [4.78, 5) is 22.3. The maximum absolute atomic E-state index is 11.1. The van der Waals surface area contributed by atoms with Gasteiger partial charge in [0.2, 0.25) is 0 Å². The van der Waals surface area contributed by atoms with E-state index < -0.39 is 5.92 Å². The van der Waals surface area contributed by atoms with Crippen LogP contribution in [0.2, 0.25) is 0 Å². The highest BCUT2D eigenvalue weighted by Crippen LogP contribution is 2.16. The molecule has 12 heavy (non-hydrogen) atoms. The maximum Gasteiger partial charge on any atom is 0.316 e. The van der Waals surface area contributed by atoms with Crippen LogP contribution in [0.15, 0.2) is 12.2 Å². The molecule has 0 saturated heterocycles. The lowest BCUT2D eigenvalue weighted by Crippen LogP contribution is -2.26. The van der Waals surface area contributed by atoms with Crippen LogP contribution in [-0.2, 0) is 14.3 Å². The monoisotopic (exact) mass is 168 g/mol. The van der Waals surface area contributed by atoms with E-state index in [2.05, 4.69) is 0 Å². The molecule has 0 spiro atoms. The predicted octanol–water partition coefficient (Wildman–Crippen LogP) is 1.08. The van der Waals surface area contributed by atoms with Crippen molar-refractivity contribution in [2.75, 3.05) is 6.61 Å². The standard InChI is InChI=1S/C9H12O3/c1-2-12-9(11)7-5-3-4-6-8(7)10/h4,6-7H,2-3,5H2,1H3/t7-/m1/s1. The Kier molecular flexibility index (Phi) is 3.02. The van der Waals surface area contributed by atoms with Crippen LogP contribution in [0, 0.1) is 5.92 Å². The van der Waals surface area contributed by atoms with E-state index in [1.54, 1.807) is 13.0 Å². The molecule has 0 bridgehead atoms. The number of rotatable bonds is 2. The first-order valence-electron chi connectivity index (χ1n) is 4.12. The fourth-order valence-electron chi connectivity index (χ4n) is 1.20. The summed E-state index contributed by atoms with van der Waals surface area (Å²) in [5, 5.41) is 0. The summed E-state index contributed by atoms with van der Waals surface area (Å²) >= 11 is 0. The average molecular weight is 168 g/mol. The van der Waals surface area contributed by atoms with Crippen molar-refractivity contribution in [3.63, 3.8) is 0 Å². The van der Waals surface area contributed by atoms with E-state index in [0.29, 0.717) is 13.0 Å². The van der Waals surface area contributed by atoms with Gasteiger partial charge in [-0.2, -0.15) is 0 Å². The lowest BCUT2D eigenvalue weighted by atomic mass is 9.93. The Morgan fingerprint density at radius 1 is 1.75 bits per heavy atom. The molecule has 0 radical (unpaired) electrons. The van der Waals surface area contributed by atoms with Gasteiger partial charge in [0, 0.05) is 0 Å². The first-order valence-corrected chi connectivity index (χ1v) is 4.12. The van der Waals surface area contributed by atoms with Gasteiger partial charge >= 0.3 is 5.97 Å². The Balaban J connectivity index is 2.56. The molecule has 0 aromatic heterocycles. The van der Waals surface area contributed by atoms with E-state index in [0.717, 1.165) is 6.42 Å². The molecule has 1 aliphatic rings. The smallest absolute Gasteiger partial charge is 0.316 e. The zero-order valence-corrected chi connectivity index (χ0v) is 7.08. The molecule has 0 unspecified atom stereocenters. The number of carbonyl (C=O) groups excluding carboxylic acids is 2. The minimum atomic E-state index is -0.546. The Bertz CT molecular complexity index is 218. The summed E-state index contributed by atoms with van der Waals surface area (Å²) in [7, 11) is 0. The van der Waals surface area contributed by atoms with Gasteiger partial charge < -0.3 is 4.74 Å². The van der Waals surface area contributed by atoms with Crippen molar-refractivity contribution in [3.8, 4) is 0 Å². The molecule has 0 aliphatic heterocycles. The summed E-state index contributed by atoms with van der Waals surface area (Å²) in [5.41, 5.74) is 0. The highest BCUT2D eigenvalue weighted by molar-refractivity contribution is 6.05. The van der Waals surface area contributed by atoms with Crippen molar-refractivity contribution in [2.45, 2.75) is 19.8 Å². The minimum absolute atomic E-state index is 0.125. The second kappa shape index (κ2) is 4.04. The third-order valence-electron chi connectivity index (χ3n) is 1.82. The fourth-order valence-corrected chi connectivity index (χ4v) is 1.20. The van der Waals surface area contributed by atoms with Gasteiger partial charge in [-0.25, -0.2) is 0 Å². The van der Waals surface area contributed by atoms with Crippen LogP contribution in [0.5, 0.6) is 0 Å². The van der Waals surface area contributed by atoms with Crippen LogP contribution in [0.3, 0.4) is 0 Å². The van der Waals surface area contributed by atoms with Gasteiger partial charge in [0.15, 0.2) is 5.78 Å². The Morgan fingerprint density at radius 3 is 3.08 bits per heavy atom. The average Bonchev–Trinajstić information content (AvgIpc) is 2.05. The second-order valence-electron chi connectivity index (χ2n) is 2.69. The molecule has 0 fully saturated rings. The Morgan fingerprint density at radius 2 is 2.50 bits per heavy atom. The van der Waals surface area contributed by atoms with Crippen molar-refractivity contribution < 1.29 is 14.3 Å². The molecule has 0 saturated carbocycles. The van der Waals surface area contributed by atoms with E-state index in [1.807, 2.05) is 0 Å². The Hall–Kier alpha value is -1.12. The van der Waals surface area contributed by atoms with Crippen molar-refractivity contribution >= 4 is 11.8 Å². The molecule has 1 rings (SSSR count). The van der Waals surface area contributed by atoms with E-state index >= 15 is 0 Å². The lowest BCUT2D eigenvalue weighted by molar-refractivity contribution is -0.150. The normalized spacial score (nSPS) is 22.4. The zero-order chi connectivity index (χ0) is 8.97. The van der Waals surface area contributed by atoms with Crippen molar-refractivity contribution in [1.82, 2.24) is 0 Å². The third kappa shape index (κ3) is 1.94. The fraction of sp³-hybridized carbons (Fsp3) is 0.556. The van der Waals surface area contributed by atoms with Gasteiger partial charge in [-0.15, -0.1) is 0 Å². The number of esters is 1. The summed E-state index contributed by atoms with van der Waals surface area (Å²) < 4.78 is 4.76. The van der Waals surface area contributed by atoms with Gasteiger partial charge in [0.25, 0.3) is 0 Å². The van der Waals surface area contributed by atoms with Crippen LogP contribution < -0.4 is 0 Å². The van der Waals surface area contributed by atoms with E-state index in [4.69, 9.17) is 4.74 Å². The Labute approximate surface area is 71.4 Å². The SMILES string of the molecule is CCOC(=O)[C@@H]1CCC=CC1=O. The molecule has 1 aliphatic carbocycles. The van der Waals surface area contributed by atoms with Gasteiger partial charge in [0.05, 0.1) is 6.61 Å². The van der Waals surface area contributed by atoms with Crippen LogP contribution in [0.4, 0.5) is 0 Å². The van der Waals surface area contributed by atoms with Crippen LogP contribution in [0.1, 0.15) is 19.8 Å². The molecule has 1 atom stereocenters.